The van der Waals surface area contributed by atoms with E-state index >= 15 is 0 Å². The molecule has 0 aliphatic rings. The van der Waals surface area contributed by atoms with E-state index in [4.69, 9.17) is 16.6 Å². The summed E-state index contributed by atoms with van der Waals surface area (Å²) in [6.45, 7) is 6.28. The molecule has 0 radical (unpaired) electrons. The van der Waals surface area contributed by atoms with Crippen LogP contribution in [0.1, 0.15) is 30.7 Å². The molecule has 0 unspecified atom stereocenters. The summed E-state index contributed by atoms with van der Waals surface area (Å²) in [5.41, 5.74) is 4.47. The number of pyridine rings is 1. The van der Waals surface area contributed by atoms with E-state index in [1.54, 1.807) is 0 Å². The van der Waals surface area contributed by atoms with Gasteiger partial charge in [0.2, 0.25) is 0 Å². The monoisotopic (exact) mass is 311 g/mol. The first-order valence-corrected chi connectivity index (χ1v) is 7.02. The Labute approximate surface area is 115 Å². The van der Waals surface area contributed by atoms with E-state index in [-0.39, 0.29) is 0 Å². The van der Waals surface area contributed by atoms with Crippen LogP contribution in [0.3, 0.4) is 0 Å². The van der Waals surface area contributed by atoms with Gasteiger partial charge in [-0.25, -0.2) is 0 Å². The lowest BCUT2D eigenvalue weighted by Gasteiger charge is -2.12. The van der Waals surface area contributed by atoms with E-state index in [1.807, 2.05) is 6.92 Å². The molecule has 0 N–H and O–H groups in total. The molecule has 1 aromatic carbocycles. The van der Waals surface area contributed by atoms with Gasteiger partial charge in [0.05, 0.1) is 10.5 Å². The van der Waals surface area contributed by atoms with E-state index in [0.29, 0.717) is 0 Å². The van der Waals surface area contributed by atoms with Gasteiger partial charge in [0.1, 0.15) is 0 Å². The van der Waals surface area contributed by atoms with Crippen LogP contribution in [0, 0.1) is 6.92 Å². The summed E-state index contributed by atoms with van der Waals surface area (Å²) < 4.78 is 1.07. The number of aromatic nitrogens is 1. The highest BCUT2D eigenvalue weighted by atomic mass is 79.9. The molecule has 2 aromatic rings. The summed E-state index contributed by atoms with van der Waals surface area (Å²) in [5.74, 6) is 0. The molecule has 3 heteroatoms. The second-order valence-corrected chi connectivity index (χ2v) is 5.45. The Kier molecular flexibility index (Phi) is 3.74. The summed E-state index contributed by atoms with van der Waals surface area (Å²) in [6.07, 6.45) is 1.88. The normalized spacial score (nSPS) is 11.1. The van der Waals surface area contributed by atoms with Gasteiger partial charge in [0, 0.05) is 15.6 Å². The minimum absolute atomic E-state index is 0.853. The zero-order chi connectivity index (χ0) is 12.6. The van der Waals surface area contributed by atoms with Crippen LogP contribution in [0.15, 0.2) is 16.6 Å². The van der Waals surface area contributed by atoms with Gasteiger partial charge in [-0.2, -0.15) is 0 Å². The van der Waals surface area contributed by atoms with Crippen molar-refractivity contribution in [1.29, 1.82) is 0 Å². The summed E-state index contributed by atoms with van der Waals surface area (Å²) in [7, 11) is 0. The Morgan fingerprint density at radius 1 is 1.24 bits per heavy atom. The van der Waals surface area contributed by atoms with Gasteiger partial charge in [0.15, 0.2) is 0 Å². The largest absolute Gasteiger partial charge is 0.252 e. The smallest absolute Gasteiger partial charge is 0.0753 e. The molecule has 17 heavy (non-hydrogen) atoms. The average molecular weight is 313 g/mol. The van der Waals surface area contributed by atoms with Crippen LogP contribution in [-0.2, 0) is 12.8 Å². The van der Waals surface area contributed by atoms with E-state index in [1.165, 1.54) is 5.56 Å². The van der Waals surface area contributed by atoms with Crippen molar-refractivity contribution in [3.63, 3.8) is 0 Å². The van der Waals surface area contributed by atoms with Crippen molar-refractivity contribution in [1.82, 2.24) is 4.98 Å². The maximum atomic E-state index is 6.49. The molecule has 1 aromatic heterocycles. The number of aryl methyl sites for hydroxylation is 2. The van der Waals surface area contributed by atoms with Crippen molar-refractivity contribution in [2.45, 2.75) is 33.6 Å². The maximum Gasteiger partial charge on any atom is 0.0753 e. The van der Waals surface area contributed by atoms with Crippen LogP contribution in [0.4, 0.5) is 0 Å². The third-order valence-electron chi connectivity index (χ3n) is 3.11. The molecule has 0 saturated carbocycles. The van der Waals surface area contributed by atoms with Crippen molar-refractivity contribution in [2.75, 3.05) is 0 Å². The lowest BCUT2D eigenvalue weighted by Crippen LogP contribution is -1.97. The first-order chi connectivity index (χ1) is 8.08. The number of benzene rings is 1. The number of hydrogen-bond acceptors (Lipinski definition) is 1. The minimum Gasteiger partial charge on any atom is -0.252 e. The predicted molar refractivity (Wildman–Crippen MR) is 77.9 cm³/mol. The molecule has 1 heterocycles. The number of fused-ring (bicyclic) bond motifs is 1. The fourth-order valence-corrected chi connectivity index (χ4v) is 3.11. The zero-order valence-corrected chi connectivity index (χ0v) is 12.6. The molecule has 0 aliphatic carbocycles. The Hall–Kier alpha value is -0.600. The van der Waals surface area contributed by atoms with Gasteiger partial charge in [-0.15, -0.1) is 0 Å². The van der Waals surface area contributed by atoms with Crippen LogP contribution < -0.4 is 0 Å². The van der Waals surface area contributed by atoms with Crippen LogP contribution in [-0.4, -0.2) is 4.98 Å². The molecule has 0 bridgehead atoms. The predicted octanol–water partition coefficient (Wildman–Crippen LogP) is 5.08. The highest BCUT2D eigenvalue weighted by molar-refractivity contribution is 9.10. The standard InChI is InChI=1S/C14H15BrClN/c1-4-9-6-10(15)7-12-13(16)11(5-2)8(3)17-14(9)12/h6-7H,4-5H2,1-3H3. The summed E-state index contributed by atoms with van der Waals surface area (Å²) >= 11 is 10.0. The Morgan fingerprint density at radius 3 is 2.53 bits per heavy atom. The Bertz CT molecular complexity index is 578. The van der Waals surface area contributed by atoms with Crippen molar-refractivity contribution < 1.29 is 0 Å². The number of rotatable bonds is 2. The van der Waals surface area contributed by atoms with Crippen LogP contribution >= 0.6 is 27.5 Å². The van der Waals surface area contributed by atoms with E-state index in [9.17, 15) is 0 Å². The summed E-state index contributed by atoms with van der Waals surface area (Å²) in [4.78, 5) is 4.71. The van der Waals surface area contributed by atoms with E-state index in [0.717, 1.165) is 44.5 Å². The second-order valence-electron chi connectivity index (χ2n) is 4.16. The minimum atomic E-state index is 0.853. The van der Waals surface area contributed by atoms with Crippen LogP contribution in [0.2, 0.25) is 5.02 Å². The first-order valence-electron chi connectivity index (χ1n) is 5.85. The SMILES string of the molecule is CCc1c(C)nc2c(CC)cc(Br)cc2c1Cl. The van der Waals surface area contributed by atoms with Crippen LogP contribution in [0.25, 0.3) is 10.9 Å². The fraction of sp³-hybridized carbons (Fsp3) is 0.357. The Morgan fingerprint density at radius 2 is 1.94 bits per heavy atom. The molecule has 0 fully saturated rings. The molecular weight excluding hydrogens is 298 g/mol. The van der Waals surface area contributed by atoms with E-state index in [2.05, 4.69) is 41.9 Å². The summed E-state index contributed by atoms with van der Waals surface area (Å²) in [6, 6.07) is 4.18. The molecule has 0 atom stereocenters. The maximum absolute atomic E-state index is 6.49. The van der Waals surface area contributed by atoms with Gasteiger partial charge in [-0.05, 0) is 43.0 Å². The second kappa shape index (κ2) is 4.95. The van der Waals surface area contributed by atoms with Gasteiger partial charge in [-0.3, -0.25) is 4.98 Å². The van der Waals surface area contributed by atoms with Gasteiger partial charge in [-0.1, -0.05) is 41.4 Å². The topological polar surface area (TPSA) is 12.9 Å². The number of nitrogens with zero attached hydrogens (tertiary/aromatic N) is 1. The molecule has 0 amide bonds. The molecule has 0 aliphatic heterocycles. The van der Waals surface area contributed by atoms with Crippen LogP contribution in [0.5, 0.6) is 0 Å². The quantitative estimate of drug-likeness (QED) is 0.753. The molecule has 90 valence electrons. The third kappa shape index (κ3) is 2.21. The number of hydrogen-bond donors (Lipinski definition) is 0. The average Bonchev–Trinajstić information content (AvgIpc) is 2.30. The van der Waals surface area contributed by atoms with Gasteiger partial charge >= 0.3 is 0 Å². The van der Waals surface area contributed by atoms with Crippen molar-refractivity contribution in [3.8, 4) is 0 Å². The highest BCUT2D eigenvalue weighted by Crippen LogP contribution is 2.32. The molecular formula is C14H15BrClN. The van der Waals surface area contributed by atoms with E-state index < -0.39 is 0 Å². The van der Waals surface area contributed by atoms with Gasteiger partial charge < -0.3 is 0 Å². The highest BCUT2D eigenvalue weighted by Gasteiger charge is 2.12. The third-order valence-corrected chi connectivity index (χ3v) is 4.00. The van der Waals surface area contributed by atoms with Gasteiger partial charge in [0.25, 0.3) is 0 Å². The van der Waals surface area contributed by atoms with Crippen molar-refractivity contribution >= 4 is 38.4 Å². The van der Waals surface area contributed by atoms with Crippen molar-refractivity contribution in [3.05, 3.63) is 38.4 Å². The lowest BCUT2D eigenvalue weighted by molar-refractivity contribution is 1.06. The molecule has 0 spiro atoms. The Balaban J connectivity index is 2.90. The van der Waals surface area contributed by atoms with Crippen molar-refractivity contribution in [2.24, 2.45) is 0 Å². The lowest BCUT2D eigenvalue weighted by atomic mass is 10.0. The molecule has 1 nitrogen and oxygen atoms in total. The molecule has 2 rings (SSSR count). The zero-order valence-electron chi connectivity index (χ0n) is 10.3. The fourth-order valence-electron chi connectivity index (χ4n) is 2.19. The first kappa shape index (κ1) is 12.8. The summed E-state index contributed by atoms with van der Waals surface area (Å²) in [5, 5.41) is 1.91. The molecule has 0 saturated heterocycles. The number of halogens is 2.